The number of aryl methyl sites for hydroxylation is 1. The molecule has 0 saturated carbocycles. The van der Waals surface area contributed by atoms with E-state index in [0.717, 1.165) is 85.3 Å². The SMILES string of the molecule is Cc1cc(-c2cc(C(N)=O)c3[nH]c4cc(C5=CCNCC5)ccc4c3c2)ccc1CN1CCOCC1. The van der Waals surface area contributed by atoms with Crippen LogP contribution >= 0.6 is 0 Å². The zero-order chi connectivity index (χ0) is 24.6. The number of aromatic amines is 1. The van der Waals surface area contributed by atoms with E-state index in [1.807, 2.05) is 6.07 Å². The van der Waals surface area contributed by atoms with Crippen molar-refractivity contribution < 1.29 is 9.53 Å². The summed E-state index contributed by atoms with van der Waals surface area (Å²) in [6.07, 6.45) is 3.27. The summed E-state index contributed by atoms with van der Waals surface area (Å²) in [6, 6.07) is 17.2. The first kappa shape index (κ1) is 23.0. The molecule has 184 valence electrons. The Bertz CT molecular complexity index is 1490. The van der Waals surface area contributed by atoms with Gasteiger partial charge in [0, 0.05) is 42.5 Å². The van der Waals surface area contributed by atoms with Gasteiger partial charge in [-0.15, -0.1) is 0 Å². The summed E-state index contributed by atoms with van der Waals surface area (Å²) in [7, 11) is 0. The average molecular weight is 481 g/mol. The Hall–Kier alpha value is -3.45. The van der Waals surface area contributed by atoms with E-state index in [4.69, 9.17) is 10.5 Å². The standard InChI is InChI=1S/C30H32N4O2/c1-19-14-21(2-3-23(19)18-34-10-12-36-13-11-34)24-15-26-25-5-4-22(20-6-8-32-9-7-20)17-28(25)33-29(26)27(16-24)30(31)35/h2-6,14-17,32-33H,7-13,18H2,1H3,(H2,31,35). The van der Waals surface area contributed by atoms with Gasteiger partial charge in [0.05, 0.1) is 24.3 Å². The lowest BCUT2D eigenvalue weighted by molar-refractivity contribution is 0.0341. The number of primary amides is 1. The average Bonchev–Trinajstić information content (AvgIpc) is 3.28. The first-order chi connectivity index (χ1) is 17.6. The minimum absolute atomic E-state index is 0.421. The quantitative estimate of drug-likeness (QED) is 0.390. The van der Waals surface area contributed by atoms with E-state index >= 15 is 0 Å². The molecule has 1 saturated heterocycles. The number of carbonyl (C=O) groups is 1. The van der Waals surface area contributed by atoms with Gasteiger partial charge in [-0.25, -0.2) is 0 Å². The molecule has 1 aromatic heterocycles. The van der Waals surface area contributed by atoms with Gasteiger partial charge in [0.25, 0.3) is 5.91 Å². The van der Waals surface area contributed by atoms with Gasteiger partial charge in [-0.05, 0) is 71.5 Å². The van der Waals surface area contributed by atoms with Crippen molar-refractivity contribution in [3.05, 3.63) is 76.9 Å². The van der Waals surface area contributed by atoms with Gasteiger partial charge < -0.3 is 20.8 Å². The van der Waals surface area contributed by atoms with Gasteiger partial charge in [-0.1, -0.05) is 36.4 Å². The first-order valence-corrected chi connectivity index (χ1v) is 12.8. The second kappa shape index (κ2) is 9.54. The molecule has 1 fully saturated rings. The molecule has 0 aliphatic carbocycles. The molecule has 0 radical (unpaired) electrons. The Balaban J connectivity index is 1.40. The molecule has 3 aromatic carbocycles. The third-order valence-corrected chi connectivity index (χ3v) is 7.58. The molecule has 36 heavy (non-hydrogen) atoms. The van der Waals surface area contributed by atoms with E-state index < -0.39 is 5.91 Å². The number of nitrogens with two attached hydrogens (primary N) is 1. The normalized spacial score (nSPS) is 17.0. The van der Waals surface area contributed by atoms with Crippen molar-refractivity contribution in [3.8, 4) is 11.1 Å². The van der Waals surface area contributed by atoms with Gasteiger partial charge in [0.2, 0.25) is 0 Å². The lowest BCUT2D eigenvalue weighted by atomic mass is 9.95. The maximum Gasteiger partial charge on any atom is 0.250 e. The van der Waals surface area contributed by atoms with Crippen LogP contribution in [0.5, 0.6) is 0 Å². The lowest BCUT2D eigenvalue weighted by Crippen LogP contribution is -2.35. The van der Waals surface area contributed by atoms with Crippen LogP contribution in [-0.4, -0.2) is 55.2 Å². The molecule has 0 atom stereocenters. The van der Waals surface area contributed by atoms with Crippen LogP contribution in [0.25, 0.3) is 38.5 Å². The largest absolute Gasteiger partial charge is 0.379 e. The monoisotopic (exact) mass is 480 g/mol. The number of aromatic nitrogens is 1. The minimum atomic E-state index is -0.421. The Labute approximate surface area is 211 Å². The van der Waals surface area contributed by atoms with Gasteiger partial charge in [0.15, 0.2) is 0 Å². The fraction of sp³-hybridized carbons (Fsp3) is 0.300. The summed E-state index contributed by atoms with van der Waals surface area (Å²) in [5, 5.41) is 5.50. The number of nitrogens with one attached hydrogen (secondary N) is 2. The Morgan fingerprint density at radius 3 is 2.58 bits per heavy atom. The maximum absolute atomic E-state index is 12.5. The highest BCUT2D eigenvalue weighted by Gasteiger charge is 2.17. The minimum Gasteiger partial charge on any atom is -0.379 e. The van der Waals surface area contributed by atoms with E-state index in [2.05, 4.69) is 70.7 Å². The van der Waals surface area contributed by atoms with Crippen LogP contribution in [0.2, 0.25) is 0 Å². The van der Waals surface area contributed by atoms with Crippen LogP contribution < -0.4 is 11.1 Å². The van der Waals surface area contributed by atoms with Crippen molar-refractivity contribution in [1.82, 2.24) is 15.2 Å². The number of carbonyl (C=O) groups excluding carboxylic acids is 1. The van der Waals surface area contributed by atoms with E-state index in [1.54, 1.807) is 0 Å². The highest BCUT2D eigenvalue weighted by atomic mass is 16.5. The Morgan fingerprint density at radius 2 is 1.83 bits per heavy atom. The fourth-order valence-electron chi connectivity index (χ4n) is 5.50. The summed E-state index contributed by atoms with van der Waals surface area (Å²) in [5.41, 5.74) is 15.5. The van der Waals surface area contributed by atoms with Gasteiger partial charge in [-0.2, -0.15) is 0 Å². The third-order valence-electron chi connectivity index (χ3n) is 7.58. The zero-order valence-corrected chi connectivity index (χ0v) is 20.7. The zero-order valence-electron chi connectivity index (χ0n) is 20.7. The highest BCUT2D eigenvalue weighted by Crippen LogP contribution is 2.35. The Morgan fingerprint density at radius 1 is 1.00 bits per heavy atom. The van der Waals surface area contributed by atoms with Crippen molar-refractivity contribution in [2.45, 2.75) is 19.9 Å². The number of amides is 1. The predicted octanol–water partition coefficient (Wildman–Crippen LogP) is 4.60. The summed E-state index contributed by atoms with van der Waals surface area (Å²) in [6.45, 7) is 8.53. The lowest BCUT2D eigenvalue weighted by Gasteiger charge is -2.27. The van der Waals surface area contributed by atoms with Crippen LogP contribution in [0.4, 0.5) is 0 Å². The molecule has 4 aromatic rings. The maximum atomic E-state index is 12.5. The van der Waals surface area contributed by atoms with Crippen LogP contribution in [0, 0.1) is 6.92 Å². The van der Waals surface area contributed by atoms with Crippen molar-refractivity contribution >= 4 is 33.3 Å². The molecule has 0 unspecified atom stereocenters. The van der Waals surface area contributed by atoms with Gasteiger partial charge in [0.1, 0.15) is 0 Å². The third kappa shape index (κ3) is 4.32. The summed E-state index contributed by atoms with van der Waals surface area (Å²) in [5.74, 6) is -0.421. The topological polar surface area (TPSA) is 83.4 Å². The predicted molar refractivity (Wildman–Crippen MR) is 146 cm³/mol. The van der Waals surface area contributed by atoms with Crippen molar-refractivity contribution in [1.29, 1.82) is 0 Å². The summed E-state index contributed by atoms with van der Waals surface area (Å²) < 4.78 is 5.48. The summed E-state index contributed by atoms with van der Waals surface area (Å²) in [4.78, 5) is 18.4. The molecule has 1 amide bonds. The number of hydrogen-bond donors (Lipinski definition) is 3. The van der Waals surface area contributed by atoms with Crippen LogP contribution in [-0.2, 0) is 11.3 Å². The molecule has 2 aliphatic heterocycles. The molecular weight excluding hydrogens is 448 g/mol. The fourth-order valence-corrected chi connectivity index (χ4v) is 5.50. The number of rotatable bonds is 5. The van der Waals surface area contributed by atoms with Crippen LogP contribution in [0.15, 0.2) is 54.6 Å². The number of morpholine rings is 1. The first-order valence-electron chi connectivity index (χ1n) is 12.8. The number of H-pyrrole nitrogens is 1. The van der Waals surface area contributed by atoms with E-state index in [-0.39, 0.29) is 0 Å². The van der Waals surface area contributed by atoms with Crippen molar-refractivity contribution in [2.75, 3.05) is 39.4 Å². The molecule has 2 aliphatic rings. The van der Waals surface area contributed by atoms with Gasteiger partial charge in [-0.3, -0.25) is 9.69 Å². The molecular formula is C30H32N4O2. The van der Waals surface area contributed by atoms with Crippen LogP contribution in [0.1, 0.15) is 33.5 Å². The number of ether oxygens (including phenoxy) is 1. The molecule has 4 N–H and O–H groups in total. The second-order valence-electron chi connectivity index (χ2n) is 9.91. The van der Waals surface area contributed by atoms with E-state index in [9.17, 15) is 4.79 Å². The number of nitrogens with zero attached hydrogens (tertiary/aromatic N) is 1. The molecule has 6 nitrogen and oxygen atoms in total. The van der Waals surface area contributed by atoms with E-state index in [0.29, 0.717) is 5.56 Å². The number of hydrogen-bond acceptors (Lipinski definition) is 4. The second-order valence-corrected chi connectivity index (χ2v) is 9.91. The number of fused-ring (bicyclic) bond motifs is 3. The number of benzene rings is 3. The van der Waals surface area contributed by atoms with Crippen molar-refractivity contribution in [2.24, 2.45) is 5.73 Å². The van der Waals surface area contributed by atoms with Crippen LogP contribution in [0.3, 0.4) is 0 Å². The Kier molecular flexibility index (Phi) is 6.09. The van der Waals surface area contributed by atoms with Crippen molar-refractivity contribution in [3.63, 3.8) is 0 Å². The smallest absolute Gasteiger partial charge is 0.250 e. The molecule has 6 heteroatoms. The highest BCUT2D eigenvalue weighted by molar-refractivity contribution is 6.16. The summed E-state index contributed by atoms with van der Waals surface area (Å²) >= 11 is 0. The molecule has 0 bridgehead atoms. The molecule has 6 rings (SSSR count). The molecule has 0 spiro atoms. The van der Waals surface area contributed by atoms with Gasteiger partial charge >= 0.3 is 0 Å². The van der Waals surface area contributed by atoms with E-state index in [1.165, 1.54) is 22.3 Å². The molecule has 3 heterocycles.